The van der Waals surface area contributed by atoms with Crippen LogP contribution in [-0.4, -0.2) is 47.3 Å². The molecule has 0 spiro atoms. The molecule has 2 N–H and O–H groups in total. The van der Waals surface area contributed by atoms with Gasteiger partial charge < -0.3 is 20.1 Å². The van der Waals surface area contributed by atoms with Crippen molar-refractivity contribution in [3.8, 4) is 0 Å². The van der Waals surface area contributed by atoms with Gasteiger partial charge in [0, 0.05) is 18.8 Å². The number of hydrogen-bond donors (Lipinski definition) is 2. The molecular weight excluding hydrogens is 320 g/mol. The van der Waals surface area contributed by atoms with Crippen molar-refractivity contribution in [3.63, 3.8) is 0 Å². The molecule has 6 nitrogen and oxygen atoms in total. The fourth-order valence-electron chi connectivity index (χ4n) is 2.97. The summed E-state index contributed by atoms with van der Waals surface area (Å²) in [7, 11) is 0. The van der Waals surface area contributed by atoms with Crippen LogP contribution in [0.25, 0.3) is 0 Å². The van der Waals surface area contributed by atoms with E-state index in [1.54, 1.807) is 36.1 Å². The molecule has 1 heterocycles. The number of esters is 1. The van der Waals surface area contributed by atoms with Gasteiger partial charge in [-0.25, -0.2) is 9.59 Å². The molecule has 1 aliphatic heterocycles. The molecule has 0 atom stereocenters. The van der Waals surface area contributed by atoms with Crippen LogP contribution >= 0.6 is 0 Å². The third-order valence-electron chi connectivity index (χ3n) is 4.90. The lowest BCUT2D eigenvalue weighted by molar-refractivity contribution is -0.0925. The molecule has 25 heavy (non-hydrogen) atoms. The summed E-state index contributed by atoms with van der Waals surface area (Å²) < 4.78 is 4.97. The van der Waals surface area contributed by atoms with Crippen molar-refractivity contribution in [1.29, 1.82) is 0 Å². The minimum atomic E-state index is -0.756. The highest BCUT2D eigenvalue weighted by atomic mass is 16.5. The van der Waals surface area contributed by atoms with Gasteiger partial charge in [0.15, 0.2) is 0 Å². The molecule has 1 aromatic rings. The number of piperidine rings is 1. The summed E-state index contributed by atoms with van der Waals surface area (Å²) in [6.45, 7) is 9.10. The Kier molecular flexibility index (Phi) is 5.72. The first-order valence-electron chi connectivity index (χ1n) is 8.72. The van der Waals surface area contributed by atoms with Crippen molar-refractivity contribution in [3.05, 3.63) is 29.8 Å². The molecule has 0 saturated carbocycles. The van der Waals surface area contributed by atoms with Gasteiger partial charge in [0.25, 0.3) is 0 Å². The molecule has 2 amide bonds. The summed E-state index contributed by atoms with van der Waals surface area (Å²) in [5.41, 5.74) is -0.0236. The molecule has 1 aromatic carbocycles. The number of urea groups is 1. The zero-order chi connectivity index (χ0) is 18.7. The van der Waals surface area contributed by atoms with E-state index < -0.39 is 11.6 Å². The van der Waals surface area contributed by atoms with Gasteiger partial charge in [-0.1, -0.05) is 26.8 Å². The number of carbonyl (C=O) groups is 2. The van der Waals surface area contributed by atoms with Gasteiger partial charge in [-0.05, 0) is 43.4 Å². The third-order valence-corrected chi connectivity index (χ3v) is 4.90. The number of likely N-dealkylation sites (tertiary alicyclic amines) is 1. The first-order valence-corrected chi connectivity index (χ1v) is 8.72. The summed E-state index contributed by atoms with van der Waals surface area (Å²) in [5, 5.41) is 13.5. The van der Waals surface area contributed by atoms with Crippen molar-refractivity contribution in [1.82, 2.24) is 4.90 Å². The van der Waals surface area contributed by atoms with Gasteiger partial charge in [-0.2, -0.15) is 0 Å². The Bertz CT molecular complexity index is 629. The monoisotopic (exact) mass is 348 g/mol. The van der Waals surface area contributed by atoms with E-state index >= 15 is 0 Å². The van der Waals surface area contributed by atoms with E-state index in [0.717, 1.165) is 0 Å². The number of anilines is 1. The van der Waals surface area contributed by atoms with Crippen molar-refractivity contribution < 1.29 is 19.4 Å². The minimum absolute atomic E-state index is 0.219. The maximum absolute atomic E-state index is 12.5. The van der Waals surface area contributed by atoms with Gasteiger partial charge in [-0.15, -0.1) is 0 Å². The lowest BCUT2D eigenvalue weighted by atomic mass is 9.71. The van der Waals surface area contributed by atoms with Crippen LogP contribution in [0.3, 0.4) is 0 Å². The van der Waals surface area contributed by atoms with Crippen molar-refractivity contribution in [2.24, 2.45) is 5.41 Å². The Morgan fingerprint density at radius 3 is 2.48 bits per heavy atom. The van der Waals surface area contributed by atoms with Crippen LogP contribution in [0.4, 0.5) is 10.5 Å². The number of aliphatic hydroxyl groups is 1. The third kappa shape index (κ3) is 4.51. The average Bonchev–Trinajstić information content (AvgIpc) is 2.55. The summed E-state index contributed by atoms with van der Waals surface area (Å²) in [4.78, 5) is 25.9. The first-order chi connectivity index (χ1) is 11.7. The molecule has 0 bridgehead atoms. The number of ether oxygens (including phenoxy) is 1. The minimum Gasteiger partial charge on any atom is -0.462 e. The highest BCUT2D eigenvalue weighted by Crippen LogP contribution is 2.38. The Labute approximate surface area is 149 Å². The van der Waals surface area contributed by atoms with E-state index in [1.165, 1.54) is 0 Å². The van der Waals surface area contributed by atoms with Crippen molar-refractivity contribution >= 4 is 17.7 Å². The number of carbonyl (C=O) groups excluding carboxylic acids is 2. The molecule has 1 aliphatic rings. The number of amides is 2. The van der Waals surface area contributed by atoms with E-state index in [0.29, 0.717) is 43.8 Å². The average molecular weight is 348 g/mol. The molecule has 0 aliphatic carbocycles. The molecular formula is C19H28N2O4. The molecule has 2 rings (SSSR count). The standard InChI is InChI=1S/C19H28N2O4/c1-5-25-16(22)14-7-6-8-15(13-14)20-17(23)21-11-9-19(24,10-12-21)18(2,3)4/h6-8,13,24H,5,9-12H2,1-4H3,(H,20,23). The lowest BCUT2D eigenvalue weighted by Gasteiger charge is -2.46. The molecule has 0 unspecified atom stereocenters. The molecule has 138 valence electrons. The van der Waals surface area contributed by atoms with Gasteiger partial charge >= 0.3 is 12.0 Å². The normalized spacial score (nSPS) is 17.1. The number of benzene rings is 1. The van der Waals surface area contributed by atoms with Gasteiger partial charge in [-0.3, -0.25) is 0 Å². The van der Waals surface area contributed by atoms with E-state index in [-0.39, 0.29) is 11.4 Å². The number of rotatable bonds is 3. The zero-order valence-corrected chi connectivity index (χ0v) is 15.5. The molecule has 1 fully saturated rings. The summed E-state index contributed by atoms with van der Waals surface area (Å²) >= 11 is 0. The van der Waals surface area contributed by atoms with Crippen molar-refractivity contribution in [2.75, 3.05) is 25.0 Å². The van der Waals surface area contributed by atoms with E-state index in [2.05, 4.69) is 5.32 Å². The van der Waals surface area contributed by atoms with E-state index in [4.69, 9.17) is 4.74 Å². The van der Waals surface area contributed by atoms with E-state index in [9.17, 15) is 14.7 Å². The molecule has 1 saturated heterocycles. The maximum Gasteiger partial charge on any atom is 0.338 e. The van der Waals surface area contributed by atoms with Crippen LogP contribution in [0.2, 0.25) is 0 Å². The first kappa shape index (κ1) is 19.2. The van der Waals surface area contributed by atoms with Gasteiger partial charge in [0.1, 0.15) is 0 Å². The summed E-state index contributed by atoms with van der Waals surface area (Å²) in [6, 6.07) is 6.47. The summed E-state index contributed by atoms with van der Waals surface area (Å²) in [6.07, 6.45) is 1.10. The zero-order valence-electron chi connectivity index (χ0n) is 15.5. The predicted molar refractivity (Wildman–Crippen MR) is 96.6 cm³/mol. The number of nitrogens with zero attached hydrogens (tertiary/aromatic N) is 1. The SMILES string of the molecule is CCOC(=O)c1cccc(NC(=O)N2CCC(O)(C(C)(C)C)CC2)c1. The molecule has 6 heteroatoms. The second-order valence-electron chi connectivity index (χ2n) is 7.50. The number of nitrogens with one attached hydrogen (secondary N) is 1. The van der Waals surface area contributed by atoms with Crippen LogP contribution in [0.15, 0.2) is 24.3 Å². The van der Waals surface area contributed by atoms with Crippen LogP contribution in [0.5, 0.6) is 0 Å². The Morgan fingerprint density at radius 2 is 1.92 bits per heavy atom. The summed E-state index contributed by atoms with van der Waals surface area (Å²) in [5.74, 6) is -0.410. The van der Waals surface area contributed by atoms with Gasteiger partial charge in [0.2, 0.25) is 0 Å². The quantitative estimate of drug-likeness (QED) is 0.822. The maximum atomic E-state index is 12.5. The number of hydrogen-bond acceptors (Lipinski definition) is 4. The van der Waals surface area contributed by atoms with Crippen LogP contribution < -0.4 is 5.32 Å². The van der Waals surface area contributed by atoms with Gasteiger partial charge in [0.05, 0.1) is 17.8 Å². The van der Waals surface area contributed by atoms with Crippen LogP contribution in [0.1, 0.15) is 50.9 Å². The fourth-order valence-corrected chi connectivity index (χ4v) is 2.97. The Morgan fingerprint density at radius 1 is 1.28 bits per heavy atom. The lowest BCUT2D eigenvalue weighted by Crippen LogP contribution is -2.53. The largest absolute Gasteiger partial charge is 0.462 e. The molecule has 0 radical (unpaired) electrons. The van der Waals surface area contributed by atoms with Crippen LogP contribution in [0, 0.1) is 5.41 Å². The Hall–Kier alpha value is -2.08. The second kappa shape index (κ2) is 7.44. The molecule has 0 aromatic heterocycles. The highest BCUT2D eigenvalue weighted by molar-refractivity contribution is 5.94. The predicted octanol–water partition coefficient (Wildman–Crippen LogP) is 3.27. The highest BCUT2D eigenvalue weighted by Gasteiger charge is 2.43. The van der Waals surface area contributed by atoms with Crippen LogP contribution in [-0.2, 0) is 4.74 Å². The topological polar surface area (TPSA) is 78.9 Å². The smallest absolute Gasteiger partial charge is 0.338 e. The van der Waals surface area contributed by atoms with E-state index in [1.807, 2.05) is 20.8 Å². The Balaban J connectivity index is 1.97. The van der Waals surface area contributed by atoms with Crippen molar-refractivity contribution in [2.45, 2.75) is 46.1 Å². The fraction of sp³-hybridized carbons (Fsp3) is 0.579. The second-order valence-corrected chi connectivity index (χ2v) is 7.50.